The summed E-state index contributed by atoms with van der Waals surface area (Å²) in [6.07, 6.45) is 1.12. The molecule has 3 atom stereocenters. The molecule has 1 aliphatic rings. The molecule has 136 valence electrons. The fourth-order valence-electron chi connectivity index (χ4n) is 3.46. The molecule has 0 bridgehead atoms. The van der Waals surface area contributed by atoms with Gasteiger partial charge in [-0.1, -0.05) is 6.92 Å². The Hall–Kier alpha value is -2.96. The van der Waals surface area contributed by atoms with E-state index in [1.807, 2.05) is 13.8 Å². The van der Waals surface area contributed by atoms with Crippen LogP contribution in [0.4, 0.5) is 15.9 Å². The van der Waals surface area contributed by atoms with Gasteiger partial charge in [-0.2, -0.15) is 0 Å². The van der Waals surface area contributed by atoms with Crippen LogP contribution in [0, 0.1) is 11.7 Å². The van der Waals surface area contributed by atoms with Crippen molar-refractivity contribution < 1.29 is 19.1 Å². The van der Waals surface area contributed by atoms with Crippen LogP contribution >= 0.6 is 0 Å². The Morgan fingerprint density at radius 1 is 1.23 bits per heavy atom. The number of carbonyl (C=O) groups excluding carboxylic acids is 1. The molecule has 1 amide bonds. The van der Waals surface area contributed by atoms with E-state index in [2.05, 4.69) is 10.3 Å². The van der Waals surface area contributed by atoms with Crippen LogP contribution in [0.15, 0.2) is 36.5 Å². The summed E-state index contributed by atoms with van der Waals surface area (Å²) in [6, 6.07) is 7.20. The third-order valence-electron chi connectivity index (χ3n) is 4.93. The number of nitrogens with one attached hydrogen (secondary N) is 1. The number of carbonyl (C=O) groups is 2. The quantitative estimate of drug-likeness (QED) is 0.879. The van der Waals surface area contributed by atoms with Gasteiger partial charge in [-0.05, 0) is 42.8 Å². The maximum Gasteiger partial charge on any atom is 0.335 e. The fourth-order valence-corrected chi connectivity index (χ4v) is 3.46. The van der Waals surface area contributed by atoms with Crippen molar-refractivity contribution in [2.24, 2.45) is 5.92 Å². The number of fused-ring (bicyclic) bond motifs is 1. The Bertz CT molecular complexity index is 854. The standard InChI is InChI=1S/C19H20FN3O3/c1-10-11(2)23(12(3)24)16-6-4-13(19(25)26)8-15(16)18(10)22-17-7-5-14(20)9-21-17/h4-11,18H,1-3H3,(H,21,22)(H,25,26)/t10-,11-,18+/m0/s1. The molecule has 6 nitrogen and oxygen atoms in total. The molecule has 0 spiro atoms. The highest BCUT2D eigenvalue weighted by molar-refractivity contribution is 5.95. The van der Waals surface area contributed by atoms with E-state index in [4.69, 9.17) is 0 Å². The van der Waals surface area contributed by atoms with Crippen LogP contribution in [-0.2, 0) is 4.79 Å². The van der Waals surface area contributed by atoms with Crippen molar-refractivity contribution in [3.8, 4) is 0 Å². The number of rotatable bonds is 3. The van der Waals surface area contributed by atoms with E-state index in [9.17, 15) is 19.1 Å². The largest absolute Gasteiger partial charge is 0.478 e. The third kappa shape index (κ3) is 3.12. The Morgan fingerprint density at radius 3 is 2.54 bits per heavy atom. The number of carboxylic acid groups (broad SMARTS) is 1. The molecule has 7 heteroatoms. The van der Waals surface area contributed by atoms with Gasteiger partial charge in [0.1, 0.15) is 11.6 Å². The minimum Gasteiger partial charge on any atom is -0.478 e. The van der Waals surface area contributed by atoms with Gasteiger partial charge in [0.05, 0.1) is 17.8 Å². The molecule has 0 unspecified atom stereocenters. The number of hydrogen-bond acceptors (Lipinski definition) is 4. The number of pyridine rings is 1. The lowest BCUT2D eigenvalue weighted by Gasteiger charge is -2.44. The second-order valence-electron chi connectivity index (χ2n) is 6.55. The number of anilines is 2. The highest BCUT2D eigenvalue weighted by atomic mass is 19.1. The van der Waals surface area contributed by atoms with Crippen molar-refractivity contribution in [1.82, 2.24) is 4.98 Å². The lowest BCUT2D eigenvalue weighted by atomic mass is 9.82. The molecule has 1 aromatic carbocycles. The molecule has 0 fully saturated rings. The molecule has 26 heavy (non-hydrogen) atoms. The van der Waals surface area contributed by atoms with Gasteiger partial charge in [-0.25, -0.2) is 14.2 Å². The number of halogens is 1. The molecule has 0 saturated heterocycles. The number of hydrogen-bond donors (Lipinski definition) is 2. The third-order valence-corrected chi connectivity index (χ3v) is 4.93. The van der Waals surface area contributed by atoms with Crippen molar-refractivity contribution in [3.63, 3.8) is 0 Å². The number of aromatic carboxylic acids is 1. The van der Waals surface area contributed by atoms with E-state index < -0.39 is 11.8 Å². The monoisotopic (exact) mass is 357 g/mol. The van der Waals surface area contributed by atoms with Crippen molar-refractivity contribution in [2.45, 2.75) is 32.9 Å². The molecule has 0 radical (unpaired) electrons. The van der Waals surface area contributed by atoms with Gasteiger partial charge in [-0.3, -0.25) is 4.79 Å². The van der Waals surface area contributed by atoms with Crippen molar-refractivity contribution in [2.75, 3.05) is 10.2 Å². The SMILES string of the molecule is CC(=O)N1c2ccc(C(=O)O)cc2[C@H](Nc2ccc(F)cn2)[C@@H](C)[C@@H]1C. The maximum absolute atomic E-state index is 13.1. The van der Waals surface area contributed by atoms with E-state index in [0.717, 1.165) is 6.20 Å². The molecule has 2 heterocycles. The highest BCUT2D eigenvalue weighted by Crippen LogP contribution is 2.42. The first-order chi connectivity index (χ1) is 12.3. The average molecular weight is 357 g/mol. The molecule has 1 aliphatic heterocycles. The number of nitrogens with zero attached hydrogens (tertiary/aromatic N) is 2. The summed E-state index contributed by atoms with van der Waals surface area (Å²) in [5, 5.41) is 12.6. The zero-order valence-electron chi connectivity index (χ0n) is 14.7. The van der Waals surface area contributed by atoms with E-state index >= 15 is 0 Å². The molecule has 2 N–H and O–H groups in total. The molecular weight excluding hydrogens is 337 g/mol. The van der Waals surface area contributed by atoms with Gasteiger partial charge >= 0.3 is 5.97 Å². The van der Waals surface area contributed by atoms with Gasteiger partial charge in [-0.15, -0.1) is 0 Å². The number of carboxylic acids is 1. The van der Waals surface area contributed by atoms with E-state index in [-0.39, 0.29) is 29.5 Å². The van der Waals surface area contributed by atoms with Gasteiger partial charge in [0.2, 0.25) is 5.91 Å². The summed E-state index contributed by atoms with van der Waals surface area (Å²) in [5.41, 5.74) is 1.53. The van der Waals surface area contributed by atoms with Gasteiger partial charge < -0.3 is 15.3 Å². The highest BCUT2D eigenvalue weighted by Gasteiger charge is 2.38. The Morgan fingerprint density at radius 2 is 1.96 bits per heavy atom. The molecule has 3 rings (SSSR count). The second kappa shape index (κ2) is 6.74. The van der Waals surface area contributed by atoms with E-state index in [1.54, 1.807) is 17.0 Å². The lowest BCUT2D eigenvalue weighted by Crippen LogP contribution is -2.48. The summed E-state index contributed by atoms with van der Waals surface area (Å²) in [4.78, 5) is 29.3. The summed E-state index contributed by atoms with van der Waals surface area (Å²) >= 11 is 0. The fraction of sp³-hybridized carbons (Fsp3) is 0.316. The zero-order chi connectivity index (χ0) is 19.0. The first-order valence-corrected chi connectivity index (χ1v) is 8.34. The average Bonchev–Trinajstić information content (AvgIpc) is 2.60. The molecule has 0 saturated carbocycles. The molecule has 0 aliphatic carbocycles. The van der Waals surface area contributed by atoms with E-state index in [1.165, 1.54) is 25.1 Å². The number of benzene rings is 1. The lowest BCUT2D eigenvalue weighted by molar-refractivity contribution is -0.117. The minimum absolute atomic E-state index is 0.0257. The summed E-state index contributed by atoms with van der Waals surface area (Å²) in [5.74, 6) is -1.11. The summed E-state index contributed by atoms with van der Waals surface area (Å²) < 4.78 is 13.1. The van der Waals surface area contributed by atoms with Crippen molar-refractivity contribution in [1.29, 1.82) is 0 Å². The predicted octanol–water partition coefficient (Wildman–Crippen LogP) is 3.46. The number of aromatic nitrogens is 1. The molecular formula is C19H20FN3O3. The maximum atomic E-state index is 13.1. The number of amides is 1. The first-order valence-electron chi connectivity index (χ1n) is 8.34. The zero-order valence-corrected chi connectivity index (χ0v) is 14.7. The van der Waals surface area contributed by atoms with Crippen LogP contribution in [-0.4, -0.2) is 28.0 Å². The molecule has 2 aromatic rings. The normalized spacial score (nSPS) is 21.8. The second-order valence-corrected chi connectivity index (χ2v) is 6.55. The van der Waals surface area contributed by atoms with Gasteiger partial charge in [0, 0.05) is 24.6 Å². The Kier molecular flexibility index (Phi) is 4.63. The Labute approximate surface area is 150 Å². The van der Waals surface area contributed by atoms with E-state index in [0.29, 0.717) is 17.1 Å². The smallest absolute Gasteiger partial charge is 0.335 e. The van der Waals surface area contributed by atoms with Gasteiger partial charge in [0.25, 0.3) is 0 Å². The van der Waals surface area contributed by atoms with Crippen LogP contribution in [0.1, 0.15) is 42.7 Å². The Balaban J connectivity index is 2.09. The predicted molar refractivity (Wildman–Crippen MR) is 95.7 cm³/mol. The van der Waals surface area contributed by atoms with Gasteiger partial charge in [0.15, 0.2) is 0 Å². The van der Waals surface area contributed by atoms with Crippen LogP contribution in [0.3, 0.4) is 0 Å². The minimum atomic E-state index is -1.04. The summed E-state index contributed by atoms with van der Waals surface area (Å²) in [6.45, 7) is 5.43. The van der Waals surface area contributed by atoms with Crippen LogP contribution < -0.4 is 10.2 Å². The van der Waals surface area contributed by atoms with Crippen LogP contribution in [0.5, 0.6) is 0 Å². The van der Waals surface area contributed by atoms with Crippen LogP contribution in [0.25, 0.3) is 0 Å². The van der Waals surface area contributed by atoms with Crippen LogP contribution in [0.2, 0.25) is 0 Å². The summed E-state index contributed by atoms with van der Waals surface area (Å²) in [7, 11) is 0. The first kappa shape index (κ1) is 17.8. The van der Waals surface area contributed by atoms with Crippen molar-refractivity contribution in [3.05, 3.63) is 53.5 Å². The van der Waals surface area contributed by atoms with Crippen molar-refractivity contribution >= 4 is 23.4 Å². The topological polar surface area (TPSA) is 82.5 Å². The molecule has 1 aromatic heterocycles.